The average molecular weight is 380 g/mol. The molecule has 0 aromatic heterocycles. The van der Waals surface area contributed by atoms with Crippen LogP contribution >= 0.6 is 0 Å². The van der Waals surface area contributed by atoms with Crippen molar-refractivity contribution in [3.63, 3.8) is 0 Å². The van der Waals surface area contributed by atoms with Crippen LogP contribution in [0.5, 0.6) is 0 Å². The van der Waals surface area contributed by atoms with Crippen LogP contribution in [0.2, 0.25) is 0 Å². The molecule has 1 amide bonds. The number of sulfonamides is 1. The number of hydrogen-bond acceptors (Lipinski definition) is 4. The Labute approximate surface area is 156 Å². The van der Waals surface area contributed by atoms with E-state index in [1.165, 1.54) is 29.1 Å². The predicted octanol–water partition coefficient (Wildman–Crippen LogP) is 2.82. The SMILES string of the molecule is CS(=O)(=O)N(CCC(=O)Nc1ccc(N2CCCC2)cc1)C1CCCC1. The second kappa shape index (κ2) is 8.39. The van der Waals surface area contributed by atoms with Crippen molar-refractivity contribution in [2.75, 3.05) is 36.1 Å². The summed E-state index contributed by atoms with van der Waals surface area (Å²) >= 11 is 0. The molecule has 2 aliphatic rings. The molecule has 0 bridgehead atoms. The Balaban J connectivity index is 1.52. The molecule has 7 heteroatoms. The van der Waals surface area contributed by atoms with Crippen molar-refractivity contribution in [2.45, 2.75) is 51.0 Å². The predicted molar refractivity (Wildman–Crippen MR) is 105 cm³/mol. The second-order valence-electron chi connectivity index (χ2n) is 7.35. The Morgan fingerprint density at radius 3 is 2.31 bits per heavy atom. The summed E-state index contributed by atoms with van der Waals surface area (Å²) in [6.07, 6.45) is 7.79. The summed E-state index contributed by atoms with van der Waals surface area (Å²) in [6, 6.07) is 7.94. The first-order valence-electron chi connectivity index (χ1n) is 9.55. The Hall–Kier alpha value is -1.60. The van der Waals surface area contributed by atoms with Crippen LogP contribution in [0.15, 0.2) is 24.3 Å². The molecule has 1 aliphatic carbocycles. The molecule has 1 aromatic carbocycles. The van der Waals surface area contributed by atoms with E-state index in [-0.39, 0.29) is 24.9 Å². The minimum Gasteiger partial charge on any atom is -0.372 e. The second-order valence-corrected chi connectivity index (χ2v) is 9.29. The van der Waals surface area contributed by atoms with Crippen LogP contribution in [0.4, 0.5) is 11.4 Å². The van der Waals surface area contributed by atoms with Crippen molar-refractivity contribution in [1.82, 2.24) is 4.31 Å². The lowest BCUT2D eigenvalue weighted by Crippen LogP contribution is -2.39. The largest absolute Gasteiger partial charge is 0.372 e. The molecule has 1 aliphatic heterocycles. The minimum absolute atomic E-state index is 0.0533. The molecular weight excluding hydrogens is 350 g/mol. The van der Waals surface area contributed by atoms with Gasteiger partial charge in [0.25, 0.3) is 0 Å². The van der Waals surface area contributed by atoms with Crippen molar-refractivity contribution in [1.29, 1.82) is 0 Å². The first kappa shape index (κ1) is 19.2. The van der Waals surface area contributed by atoms with Crippen molar-refractivity contribution in [3.8, 4) is 0 Å². The van der Waals surface area contributed by atoms with Gasteiger partial charge in [0, 0.05) is 43.5 Å². The first-order valence-corrected chi connectivity index (χ1v) is 11.4. The summed E-state index contributed by atoms with van der Waals surface area (Å²) < 4.78 is 25.6. The number of carbonyl (C=O) groups excluding carboxylic acids is 1. The van der Waals surface area contributed by atoms with Crippen LogP contribution in [-0.4, -0.2) is 50.6 Å². The Kier molecular flexibility index (Phi) is 6.19. The van der Waals surface area contributed by atoms with E-state index < -0.39 is 10.0 Å². The lowest BCUT2D eigenvalue weighted by atomic mass is 10.2. The van der Waals surface area contributed by atoms with E-state index in [2.05, 4.69) is 10.2 Å². The zero-order valence-electron chi connectivity index (χ0n) is 15.5. The molecular formula is C19H29N3O3S. The van der Waals surface area contributed by atoms with Crippen molar-refractivity contribution in [3.05, 3.63) is 24.3 Å². The van der Waals surface area contributed by atoms with Gasteiger partial charge in [-0.05, 0) is 49.9 Å². The number of hydrogen-bond donors (Lipinski definition) is 1. The van der Waals surface area contributed by atoms with Gasteiger partial charge in [-0.15, -0.1) is 0 Å². The Morgan fingerprint density at radius 1 is 1.12 bits per heavy atom. The number of carbonyl (C=O) groups is 1. The fraction of sp³-hybridized carbons (Fsp3) is 0.632. The number of nitrogens with one attached hydrogen (secondary N) is 1. The molecule has 0 spiro atoms. The average Bonchev–Trinajstić information content (AvgIpc) is 3.28. The molecule has 144 valence electrons. The topological polar surface area (TPSA) is 69.7 Å². The van der Waals surface area contributed by atoms with Gasteiger partial charge in [0.1, 0.15) is 0 Å². The van der Waals surface area contributed by atoms with Gasteiger partial charge in [-0.25, -0.2) is 8.42 Å². The maximum atomic E-state index is 12.3. The molecule has 1 saturated heterocycles. The highest BCUT2D eigenvalue weighted by molar-refractivity contribution is 7.88. The Morgan fingerprint density at radius 2 is 1.73 bits per heavy atom. The number of anilines is 2. The number of amides is 1. The quantitative estimate of drug-likeness (QED) is 0.791. The normalized spacial score (nSPS) is 18.6. The van der Waals surface area contributed by atoms with Crippen molar-refractivity contribution >= 4 is 27.3 Å². The highest BCUT2D eigenvalue weighted by Gasteiger charge is 2.29. The highest BCUT2D eigenvalue weighted by atomic mass is 32.2. The van der Waals surface area contributed by atoms with Crippen molar-refractivity contribution < 1.29 is 13.2 Å². The van der Waals surface area contributed by atoms with Gasteiger partial charge >= 0.3 is 0 Å². The van der Waals surface area contributed by atoms with E-state index in [0.717, 1.165) is 44.5 Å². The molecule has 0 unspecified atom stereocenters. The summed E-state index contributed by atoms with van der Waals surface area (Å²) in [6.45, 7) is 2.43. The fourth-order valence-corrected chi connectivity index (χ4v) is 5.15. The van der Waals surface area contributed by atoms with Gasteiger partial charge in [0.05, 0.1) is 6.26 Å². The molecule has 0 atom stereocenters. The van der Waals surface area contributed by atoms with Gasteiger partial charge in [0.15, 0.2) is 0 Å². The fourth-order valence-electron chi connectivity index (χ4n) is 3.98. The maximum absolute atomic E-state index is 12.3. The monoisotopic (exact) mass is 379 g/mol. The number of nitrogens with zero attached hydrogens (tertiary/aromatic N) is 2. The van der Waals surface area contributed by atoms with E-state index >= 15 is 0 Å². The Bertz CT molecular complexity index is 706. The first-order chi connectivity index (χ1) is 12.4. The van der Waals surface area contributed by atoms with Crippen LogP contribution < -0.4 is 10.2 Å². The van der Waals surface area contributed by atoms with Crippen LogP contribution in [0.25, 0.3) is 0 Å². The van der Waals surface area contributed by atoms with Gasteiger partial charge in [0.2, 0.25) is 15.9 Å². The smallest absolute Gasteiger partial charge is 0.225 e. The zero-order valence-corrected chi connectivity index (χ0v) is 16.3. The van der Waals surface area contributed by atoms with Gasteiger partial charge in [-0.2, -0.15) is 4.31 Å². The zero-order chi connectivity index (χ0) is 18.6. The molecule has 0 radical (unpaired) electrons. The van der Waals surface area contributed by atoms with E-state index in [4.69, 9.17) is 0 Å². The lowest BCUT2D eigenvalue weighted by molar-refractivity contribution is -0.116. The van der Waals surface area contributed by atoms with Gasteiger partial charge < -0.3 is 10.2 Å². The molecule has 6 nitrogen and oxygen atoms in total. The third kappa shape index (κ3) is 4.98. The third-order valence-corrected chi connectivity index (χ3v) is 6.67. The molecule has 26 heavy (non-hydrogen) atoms. The molecule has 1 aromatic rings. The summed E-state index contributed by atoms with van der Waals surface area (Å²) in [7, 11) is -3.28. The molecule has 2 fully saturated rings. The van der Waals surface area contributed by atoms with E-state index in [1.54, 1.807) is 0 Å². The third-order valence-electron chi connectivity index (χ3n) is 5.34. The van der Waals surface area contributed by atoms with Crippen molar-refractivity contribution in [2.24, 2.45) is 0 Å². The van der Waals surface area contributed by atoms with Crippen LogP contribution in [0, 0.1) is 0 Å². The van der Waals surface area contributed by atoms with Gasteiger partial charge in [-0.3, -0.25) is 4.79 Å². The van der Waals surface area contributed by atoms with Crippen LogP contribution in [-0.2, 0) is 14.8 Å². The maximum Gasteiger partial charge on any atom is 0.225 e. The lowest BCUT2D eigenvalue weighted by Gasteiger charge is -2.26. The summed E-state index contributed by atoms with van der Waals surface area (Å²) in [5.74, 6) is -0.148. The van der Waals surface area contributed by atoms with E-state index in [0.29, 0.717) is 0 Å². The molecule has 1 saturated carbocycles. The van der Waals surface area contributed by atoms with E-state index in [9.17, 15) is 13.2 Å². The summed E-state index contributed by atoms with van der Waals surface area (Å²) in [4.78, 5) is 14.6. The molecule has 1 heterocycles. The van der Waals surface area contributed by atoms with Gasteiger partial charge in [-0.1, -0.05) is 12.8 Å². The number of benzene rings is 1. The standard InChI is InChI=1S/C19H29N3O3S/c1-26(24,25)22(18-6-2-3-7-18)15-12-19(23)20-16-8-10-17(11-9-16)21-13-4-5-14-21/h8-11,18H,2-7,12-15H2,1H3,(H,20,23). The van der Waals surface area contributed by atoms with E-state index in [1.807, 2.05) is 24.3 Å². The summed E-state index contributed by atoms with van der Waals surface area (Å²) in [5.41, 5.74) is 1.94. The highest BCUT2D eigenvalue weighted by Crippen LogP contribution is 2.26. The number of rotatable bonds is 7. The van der Waals surface area contributed by atoms with Crippen LogP contribution in [0.3, 0.4) is 0 Å². The summed E-state index contributed by atoms with van der Waals surface area (Å²) in [5, 5.41) is 2.88. The van der Waals surface area contributed by atoms with Crippen LogP contribution in [0.1, 0.15) is 44.9 Å². The minimum atomic E-state index is -3.28. The molecule has 1 N–H and O–H groups in total. The molecule has 3 rings (SSSR count).